The molecule has 0 heterocycles. The fourth-order valence-electron chi connectivity index (χ4n) is 2.63. The van der Waals surface area contributed by atoms with Crippen molar-refractivity contribution in [1.82, 2.24) is 10.6 Å². The lowest BCUT2D eigenvalue weighted by atomic mass is 9.91. The van der Waals surface area contributed by atoms with E-state index in [4.69, 9.17) is 4.74 Å². The van der Waals surface area contributed by atoms with Gasteiger partial charge in [0, 0.05) is 12.1 Å². The zero-order valence-electron chi connectivity index (χ0n) is 12.7. The van der Waals surface area contributed by atoms with Gasteiger partial charge in [-0.3, -0.25) is 0 Å². The molecule has 0 bridgehead atoms. The van der Waals surface area contributed by atoms with E-state index < -0.39 is 18.8 Å². The molecule has 0 aromatic heterocycles. The Balaban J connectivity index is 1.63. The number of amides is 1. The van der Waals surface area contributed by atoms with Crippen LogP contribution in [0.3, 0.4) is 0 Å². The maximum absolute atomic E-state index is 12.1. The minimum atomic E-state index is -4.18. The molecule has 1 saturated carbocycles. The summed E-state index contributed by atoms with van der Waals surface area (Å²) in [7, 11) is 0. The van der Waals surface area contributed by atoms with Crippen molar-refractivity contribution in [3.63, 3.8) is 0 Å². The summed E-state index contributed by atoms with van der Waals surface area (Å²) in [5.74, 6) is 0. The third-order valence-corrected chi connectivity index (χ3v) is 3.85. The molecular weight excluding hydrogens is 309 g/mol. The molecular formula is C16H21F3N2O2. The summed E-state index contributed by atoms with van der Waals surface area (Å²) >= 11 is 0. The number of alkyl halides is 3. The minimum absolute atomic E-state index is 0.0396. The highest BCUT2D eigenvalue weighted by molar-refractivity contribution is 5.67. The van der Waals surface area contributed by atoms with Crippen molar-refractivity contribution < 1.29 is 22.7 Å². The van der Waals surface area contributed by atoms with Crippen LogP contribution in [0.25, 0.3) is 0 Å². The monoisotopic (exact) mass is 330 g/mol. The highest BCUT2D eigenvalue weighted by atomic mass is 19.4. The van der Waals surface area contributed by atoms with E-state index in [0.29, 0.717) is 25.7 Å². The molecule has 2 N–H and O–H groups in total. The van der Waals surface area contributed by atoms with Crippen LogP contribution in [0, 0.1) is 0 Å². The average molecular weight is 330 g/mol. The molecule has 1 aliphatic carbocycles. The molecule has 2 rings (SSSR count). The summed E-state index contributed by atoms with van der Waals surface area (Å²) in [6, 6.07) is 9.17. The third kappa shape index (κ3) is 6.90. The van der Waals surface area contributed by atoms with Crippen LogP contribution >= 0.6 is 0 Å². The van der Waals surface area contributed by atoms with Gasteiger partial charge >= 0.3 is 12.3 Å². The van der Waals surface area contributed by atoms with E-state index in [2.05, 4.69) is 10.6 Å². The summed E-state index contributed by atoms with van der Waals surface area (Å²) in [6.07, 6.45) is -2.15. The topological polar surface area (TPSA) is 50.4 Å². The number of benzene rings is 1. The van der Waals surface area contributed by atoms with Gasteiger partial charge in [-0.15, -0.1) is 0 Å². The number of alkyl carbamates (subject to hydrolysis) is 1. The number of halogens is 3. The average Bonchev–Trinajstić information content (AvgIpc) is 2.53. The lowest BCUT2D eigenvalue weighted by Gasteiger charge is -2.29. The second-order valence-electron chi connectivity index (χ2n) is 5.75. The maximum Gasteiger partial charge on any atom is 0.407 e. The van der Waals surface area contributed by atoms with Crippen LogP contribution in [-0.2, 0) is 11.3 Å². The van der Waals surface area contributed by atoms with Crippen LogP contribution in [0.2, 0.25) is 0 Å². The van der Waals surface area contributed by atoms with E-state index in [1.54, 1.807) is 0 Å². The van der Waals surface area contributed by atoms with Crippen molar-refractivity contribution in [2.75, 3.05) is 6.54 Å². The predicted molar refractivity (Wildman–Crippen MR) is 79.9 cm³/mol. The first kappa shape index (κ1) is 17.6. The largest absolute Gasteiger partial charge is 0.445 e. The van der Waals surface area contributed by atoms with E-state index >= 15 is 0 Å². The molecule has 0 unspecified atom stereocenters. The van der Waals surface area contributed by atoms with Crippen LogP contribution in [-0.4, -0.2) is 30.9 Å². The highest BCUT2D eigenvalue weighted by Crippen LogP contribution is 2.20. The van der Waals surface area contributed by atoms with Gasteiger partial charge in [0.15, 0.2) is 0 Å². The van der Waals surface area contributed by atoms with Gasteiger partial charge in [0.05, 0.1) is 6.54 Å². The summed E-state index contributed by atoms with van der Waals surface area (Å²) in [5, 5.41) is 5.28. The molecule has 1 aromatic carbocycles. The van der Waals surface area contributed by atoms with Crippen molar-refractivity contribution in [3.05, 3.63) is 35.9 Å². The Morgan fingerprint density at radius 3 is 2.30 bits per heavy atom. The van der Waals surface area contributed by atoms with Gasteiger partial charge in [-0.25, -0.2) is 4.79 Å². The van der Waals surface area contributed by atoms with Gasteiger partial charge in [-0.2, -0.15) is 13.2 Å². The number of nitrogens with one attached hydrogen (secondary N) is 2. The molecule has 128 valence electrons. The molecule has 0 radical (unpaired) electrons. The maximum atomic E-state index is 12.1. The molecule has 0 atom stereocenters. The van der Waals surface area contributed by atoms with Gasteiger partial charge in [0.2, 0.25) is 0 Å². The number of ether oxygens (including phenoxy) is 1. The SMILES string of the molecule is O=C(N[C@H]1CC[C@H](NCC(F)(F)F)CC1)OCc1ccccc1. The van der Waals surface area contributed by atoms with Crippen molar-refractivity contribution in [2.24, 2.45) is 0 Å². The summed E-state index contributed by atoms with van der Waals surface area (Å²) in [6.45, 7) is -0.760. The Bertz CT molecular complexity index is 486. The standard InChI is InChI=1S/C16H21F3N2O2/c17-16(18,19)11-20-13-6-8-14(9-7-13)21-15(22)23-10-12-4-2-1-3-5-12/h1-5,13-14,20H,6-11H2,(H,21,22)/t13-,14-. The fourth-order valence-corrected chi connectivity index (χ4v) is 2.63. The fraction of sp³-hybridized carbons (Fsp3) is 0.562. The van der Waals surface area contributed by atoms with E-state index in [9.17, 15) is 18.0 Å². The molecule has 1 amide bonds. The second-order valence-corrected chi connectivity index (χ2v) is 5.75. The smallest absolute Gasteiger partial charge is 0.407 e. The van der Waals surface area contributed by atoms with E-state index in [1.807, 2.05) is 30.3 Å². The summed E-state index contributed by atoms with van der Waals surface area (Å²) < 4.78 is 41.6. The Labute approximate surface area is 133 Å². The summed E-state index contributed by atoms with van der Waals surface area (Å²) in [5.41, 5.74) is 0.905. The molecule has 0 aliphatic heterocycles. The minimum Gasteiger partial charge on any atom is -0.445 e. The number of hydrogen-bond acceptors (Lipinski definition) is 3. The lowest BCUT2D eigenvalue weighted by molar-refractivity contribution is -0.126. The lowest BCUT2D eigenvalue weighted by Crippen LogP contribution is -2.44. The van der Waals surface area contributed by atoms with Gasteiger partial charge in [-0.1, -0.05) is 30.3 Å². The van der Waals surface area contributed by atoms with Gasteiger partial charge in [0.25, 0.3) is 0 Å². The van der Waals surface area contributed by atoms with Crippen LogP contribution in [0.5, 0.6) is 0 Å². The van der Waals surface area contributed by atoms with Gasteiger partial charge in [-0.05, 0) is 31.2 Å². The zero-order valence-corrected chi connectivity index (χ0v) is 12.7. The molecule has 1 fully saturated rings. The van der Waals surface area contributed by atoms with Crippen molar-refractivity contribution >= 4 is 6.09 Å². The van der Waals surface area contributed by atoms with Gasteiger partial charge < -0.3 is 15.4 Å². The zero-order chi connectivity index (χ0) is 16.7. The molecule has 4 nitrogen and oxygen atoms in total. The van der Waals surface area contributed by atoms with Crippen LogP contribution < -0.4 is 10.6 Å². The first-order chi connectivity index (χ1) is 10.9. The molecule has 0 spiro atoms. The first-order valence-electron chi connectivity index (χ1n) is 7.70. The van der Waals surface area contributed by atoms with E-state index in [0.717, 1.165) is 5.56 Å². The Kier molecular flexibility index (Phi) is 6.27. The Hall–Kier alpha value is -1.76. The Morgan fingerprint density at radius 1 is 1.09 bits per heavy atom. The number of hydrogen-bond donors (Lipinski definition) is 2. The normalized spacial score (nSPS) is 21.7. The van der Waals surface area contributed by atoms with Gasteiger partial charge in [0.1, 0.15) is 6.61 Å². The second kappa shape index (κ2) is 8.19. The number of carbonyl (C=O) groups excluding carboxylic acids is 1. The summed E-state index contributed by atoms with van der Waals surface area (Å²) in [4.78, 5) is 11.7. The number of carbonyl (C=O) groups is 1. The Morgan fingerprint density at radius 2 is 1.70 bits per heavy atom. The molecule has 0 saturated heterocycles. The van der Waals surface area contributed by atoms with E-state index in [1.165, 1.54) is 0 Å². The first-order valence-corrected chi connectivity index (χ1v) is 7.70. The van der Waals surface area contributed by atoms with Crippen molar-refractivity contribution in [3.8, 4) is 0 Å². The molecule has 1 aliphatic rings. The molecule has 1 aromatic rings. The predicted octanol–water partition coefficient (Wildman–Crippen LogP) is 3.38. The van der Waals surface area contributed by atoms with Crippen molar-refractivity contribution in [1.29, 1.82) is 0 Å². The quantitative estimate of drug-likeness (QED) is 0.870. The highest BCUT2D eigenvalue weighted by Gasteiger charge is 2.29. The third-order valence-electron chi connectivity index (χ3n) is 3.85. The van der Waals surface area contributed by atoms with Crippen LogP contribution in [0.15, 0.2) is 30.3 Å². The van der Waals surface area contributed by atoms with Crippen LogP contribution in [0.1, 0.15) is 31.2 Å². The molecule has 7 heteroatoms. The van der Waals surface area contributed by atoms with E-state index in [-0.39, 0.29) is 18.7 Å². The number of rotatable bonds is 5. The molecule has 23 heavy (non-hydrogen) atoms. The van der Waals surface area contributed by atoms with Crippen molar-refractivity contribution in [2.45, 2.75) is 50.6 Å². The van der Waals surface area contributed by atoms with Crippen LogP contribution in [0.4, 0.5) is 18.0 Å².